The second-order valence-electron chi connectivity index (χ2n) is 7.28. The fourth-order valence-electron chi connectivity index (χ4n) is 3.76. The minimum Gasteiger partial charge on any atom is -0.497 e. The van der Waals surface area contributed by atoms with Crippen LogP contribution in [-0.2, 0) is 6.54 Å². The number of methoxy groups -OCH3 is 2. The van der Waals surface area contributed by atoms with Crippen LogP contribution in [0.5, 0.6) is 11.6 Å². The molecule has 0 radical (unpaired) electrons. The fourth-order valence-corrected chi connectivity index (χ4v) is 3.76. The first kappa shape index (κ1) is 21.9. The molecule has 1 aliphatic heterocycles. The topological polar surface area (TPSA) is 71.0 Å². The predicted octanol–water partition coefficient (Wildman–Crippen LogP) is 2.99. The highest BCUT2D eigenvalue weighted by Gasteiger charge is 2.23. The lowest BCUT2D eigenvalue weighted by molar-refractivity contribution is 0.245. The number of likely N-dealkylation sites (tertiary alicyclic amines) is 1. The molecule has 1 aromatic carbocycles. The maximum Gasteiger partial charge on any atom is 0.218 e. The predicted molar refractivity (Wildman–Crippen MR) is 120 cm³/mol. The highest BCUT2D eigenvalue weighted by Crippen LogP contribution is 2.26. The molecule has 0 bridgehead atoms. The van der Waals surface area contributed by atoms with E-state index in [0.29, 0.717) is 12.4 Å². The number of benzene rings is 1. The first-order valence-electron chi connectivity index (χ1n) is 10.6. The van der Waals surface area contributed by atoms with Crippen LogP contribution in [0.15, 0.2) is 47.6 Å². The number of nitrogens with one attached hydrogen (secondary N) is 2. The second kappa shape index (κ2) is 11.4. The van der Waals surface area contributed by atoms with Crippen molar-refractivity contribution in [3.05, 3.63) is 53.7 Å². The van der Waals surface area contributed by atoms with Gasteiger partial charge in [0.15, 0.2) is 5.96 Å². The molecular formula is C23H33N5O2. The fraction of sp³-hybridized carbons (Fsp3) is 0.478. The molecule has 2 N–H and O–H groups in total. The van der Waals surface area contributed by atoms with Crippen molar-refractivity contribution in [2.75, 3.05) is 40.4 Å². The molecule has 30 heavy (non-hydrogen) atoms. The van der Waals surface area contributed by atoms with Crippen LogP contribution in [-0.4, -0.2) is 56.2 Å². The number of hydrogen-bond donors (Lipinski definition) is 2. The van der Waals surface area contributed by atoms with Crippen LogP contribution in [0.4, 0.5) is 0 Å². The molecule has 1 unspecified atom stereocenters. The van der Waals surface area contributed by atoms with Gasteiger partial charge in [0, 0.05) is 24.8 Å². The summed E-state index contributed by atoms with van der Waals surface area (Å²) in [5.41, 5.74) is 2.25. The van der Waals surface area contributed by atoms with Crippen LogP contribution in [0.25, 0.3) is 0 Å². The van der Waals surface area contributed by atoms with Crippen molar-refractivity contribution in [2.24, 2.45) is 4.99 Å². The zero-order chi connectivity index (χ0) is 21.2. The molecule has 0 amide bonds. The van der Waals surface area contributed by atoms with E-state index in [1.165, 1.54) is 18.4 Å². The number of hydrogen-bond acceptors (Lipinski definition) is 5. The van der Waals surface area contributed by atoms with Crippen LogP contribution in [0.3, 0.4) is 0 Å². The van der Waals surface area contributed by atoms with E-state index in [9.17, 15) is 0 Å². The van der Waals surface area contributed by atoms with Gasteiger partial charge in [0.05, 0.1) is 26.8 Å². The third-order valence-electron chi connectivity index (χ3n) is 5.34. The van der Waals surface area contributed by atoms with Crippen molar-refractivity contribution >= 4 is 5.96 Å². The average Bonchev–Trinajstić information content (AvgIpc) is 3.32. The lowest BCUT2D eigenvalue weighted by Gasteiger charge is -2.29. The van der Waals surface area contributed by atoms with E-state index < -0.39 is 0 Å². The zero-order valence-corrected chi connectivity index (χ0v) is 18.2. The molecule has 1 aliphatic rings. The molecule has 0 spiro atoms. The highest BCUT2D eigenvalue weighted by atomic mass is 16.5. The second-order valence-corrected chi connectivity index (χ2v) is 7.28. The molecule has 1 saturated heterocycles. The van der Waals surface area contributed by atoms with Gasteiger partial charge in [0.2, 0.25) is 5.88 Å². The summed E-state index contributed by atoms with van der Waals surface area (Å²) in [6, 6.07) is 12.6. The van der Waals surface area contributed by atoms with Gasteiger partial charge in [-0.15, -0.1) is 0 Å². The minimum atomic E-state index is 0.287. The molecule has 3 rings (SSSR count). The number of ether oxygens (including phenoxy) is 2. The highest BCUT2D eigenvalue weighted by molar-refractivity contribution is 5.79. The molecule has 0 aliphatic carbocycles. The Labute approximate surface area is 179 Å². The van der Waals surface area contributed by atoms with Gasteiger partial charge in [0.25, 0.3) is 0 Å². The van der Waals surface area contributed by atoms with Gasteiger partial charge in [0.1, 0.15) is 5.75 Å². The Kier molecular flexibility index (Phi) is 8.32. The largest absolute Gasteiger partial charge is 0.497 e. The van der Waals surface area contributed by atoms with E-state index in [1.54, 1.807) is 20.4 Å². The number of aromatic nitrogens is 1. The number of pyridine rings is 1. The molecule has 7 heteroatoms. The first-order chi connectivity index (χ1) is 14.7. The van der Waals surface area contributed by atoms with E-state index in [4.69, 9.17) is 14.5 Å². The summed E-state index contributed by atoms with van der Waals surface area (Å²) >= 11 is 0. The van der Waals surface area contributed by atoms with E-state index >= 15 is 0 Å². The maximum absolute atomic E-state index is 5.34. The van der Waals surface area contributed by atoms with Crippen LogP contribution >= 0.6 is 0 Å². The van der Waals surface area contributed by atoms with Crippen molar-refractivity contribution in [2.45, 2.75) is 32.4 Å². The summed E-state index contributed by atoms with van der Waals surface area (Å²) in [6.07, 6.45) is 4.23. The molecule has 7 nitrogen and oxygen atoms in total. The van der Waals surface area contributed by atoms with Crippen molar-refractivity contribution < 1.29 is 9.47 Å². The van der Waals surface area contributed by atoms with Crippen LogP contribution < -0.4 is 20.1 Å². The normalized spacial score (nSPS) is 15.6. The Bertz CT molecular complexity index is 803. The molecule has 0 saturated carbocycles. The van der Waals surface area contributed by atoms with Gasteiger partial charge >= 0.3 is 0 Å². The van der Waals surface area contributed by atoms with E-state index in [1.807, 2.05) is 24.3 Å². The number of nitrogens with zero attached hydrogens (tertiary/aromatic N) is 3. The minimum absolute atomic E-state index is 0.287. The summed E-state index contributed by atoms with van der Waals surface area (Å²) in [5, 5.41) is 6.88. The van der Waals surface area contributed by atoms with Crippen LogP contribution in [0, 0.1) is 0 Å². The van der Waals surface area contributed by atoms with Gasteiger partial charge < -0.3 is 20.1 Å². The third kappa shape index (κ3) is 5.86. The standard InChI is InChI=1S/C23H33N5O2/c1-4-24-23(26-16-19-8-7-13-25-22(19)30-3)27-17-21(28-14-5-6-15-28)18-9-11-20(29-2)12-10-18/h7-13,21H,4-6,14-17H2,1-3H3,(H2,24,26,27). The smallest absolute Gasteiger partial charge is 0.218 e. The summed E-state index contributed by atoms with van der Waals surface area (Å²) in [5.74, 6) is 2.29. The SMILES string of the molecule is CCNC(=NCc1cccnc1OC)NCC(c1ccc(OC)cc1)N1CCCC1. The molecule has 1 fully saturated rings. The summed E-state index contributed by atoms with van der Waals surface area (Å²) in [4.78, 5) is 11.5. The van der Waals surface area contributed by atoms with Gasteiger partial charge in [-0.3, -0.25) is 4.90 Å². The lowest BCUT2D eigenvalue weighted by atomic mass is 10.1. The van der Waals surface area contributed by atoms with Crippen LogP contribution in [0.1, 0.15) is 36.9 Å². The van der Waals surface area contributed by atoms with E-state index in [0.717, 1.165) is 43.5 Å². The number of guanidine groups is 1. The summed E-state index contributed by atoms with van der Waals surface area (Å²) in [6.45, 7) is 6.40. The van der Waals surface area contributed by atoms with E-state index in [-0.39, 0.29) is 6.04 Å². The molecule has 1 atom stereocenters. The Morgan fingerprint density at radius 2 is 1.87 bits per heavy atom. The molecular weight excluding hydrogens is 378 g/mol. The lowest BCUT2D eigenvalue weighted by Crippen LogP contribution is -2.42. The molecule has 2 aromatic rings. The van der Waals surface area contributed by atoms with Gasteiger partial charge in [-0.25, -0.2) is 9.98 Å². The van der Waals surface area contributed by atoms with Gasteiger partial charge in [-0.2, -0.15) is 0 Å². The zero-order valence-electron chi connectivity index (χ0n) is 18.2. The quantitative estimate of drug-likeness (QED) is 0.488. The van der Waals surface area contributed by atoms with Crippen molar-refractivity contribution in [3.8, 4) is 11.6 Å². The maximum atomic E-state index is 5.34. The van der Waals surface area contributed by atoms with Crippen molar-refractivity contribution in [1.82, 2.24) is 20.5 Å². The van der Waals surface area contributed by atoms with Crippen molar-refractivity contribution in [1.29, 1.82) is 0 Å². The van der Waals surface area contributed by atoms with Crippen molar-refractivity contribution in [3.63, 3.8) is 0 Å². The summed E-state index contributed by atoms with van der Waals surface area (Å²) in [7, 11) is 3.33. The molecule has 162 valence electrons. The molecule has 2 heterocycles. The summed E-state index contributed by atoms with van der Waals surface area (Å²) < 4.78 is 10.7. The number of rotatable bonds is 9. The van der Waals surface area contributed by atoms with Gasteiger partial charge in [-0.05, 0) is 56.6 Å². The Morgan fingerprint density at radius 1 is 1.10 bits per heavy atom. The van der Waals surface area contributed by atoms with Gasteiger partial charge in [-0.1, -0.05) is 18.2 Å². The Hall–Kier alpha value is -2.80. The van der Waals surface area contributed by atoms with E-state index in [2.05, 4.69) is 39.6 Å². The third-order valence-corrected chi connectivity index (χ3v) is 5.34. The Morgan fingerprint density at radius 3 is 2.53 bits per heavy atom. The Balaban J connectivity index is 1.71. The average molecular weight is 412 g/mol. The molecule has 1 aromatic heterocycles. The number of aliphatic imine (C=N–C) groups is 1. The first-order valence-corrected chi connectivity index (χ1v) is 10.6. The monoisotopic (exact) mass is 411 g/mol. The van der Waals surface area contributed by atoms with Crippen LogP contribution in [0.2, 0.25) is 0 Å².